The molecule has 0 atom stereocenters. The van der Waals surface area contributed by atoms with Crippen LogP contribution in [0, 0.1) is 5.82 Å². The number of nitrogens with zero attached hydrogens (tertiary/aromatic N) is 1. The molecule has 0 fully saturated rings. The van der Waals surface area contributed by atoms with Crippen LogP contribution in [0.1, 0.15) is 0 Å². The number of oxazole rings is 1. The maximum Gasteiger partial charge on any atom is 0.262 e. The van der Waals surface area contributed by atoms with Crippen LogP contribution in [0.25, 0.3) is 22.6 Å². The van der Waals surface area contributed by atoms with Crippen molar-refractivity contribution in [2.45, 2.75) is 0 Å². The SMILES string of the molecule is O=C(COc1cc(Cl)c(Cl)cc1Cl)Nc1ccc2oc(-c3ccc(F)cc3)nc2c1. The summed E-state index contributed by atoms with van der Waals surface area (Å²) in [5.41, 5.74) is 2.23. The Morgan fingerprint density at radius 3 is 2.50 bits per heavy atom. The summed E-state index contributed by atoms with van der Waals surface area (Å²) in [6, 6.07) is 13.7. The van der Waals surface area contributed by atoms with Gasteiger partial charge in [-0.2, -0.15) is 0 Å². The quantitative estimate of drug-likeness (QED) is 0.337. The van der Waals surface area contributed by atoms with E-state index in [0.29, 0.717) is 33.3 Å². The molecule has 3 aromatic carbocycles. The first-order chi connectivity index (χ1) is 14.4. The van der Waals surface area contributed by atoms with E-state index in [2.05, 4.69) is 10.3 Å². The third kappa shape index (κ3) is 4.51. The van der Waals surface area contributed by atoms with Crippen LogP contribution in [0.2, 0.25) is 15.1 Å². The maximum absolute atomic E-state index is 13.1. The number of nitrogens with one attached hydrogen (secondary N) is 1. The van der Waals surface area contributed by atoms with Crippen molar-refractivity contribution in [3.63, 3.8) is 0 Å². The molecule has 9 heteroatoms. The first-order valence-corrected chi connectivity index (χ1v) is 9.76. The maximum atomic E-state index is 13.1. The molecular formula is C21H12Cl3FN2O3. The van der Waals surface area contributed by atoms with Crippen LogP contribution in [0.15, 0.2) is 59.0 Å². The molecule has 1 N–H and O–H groups in total. The van der Waals surface area contributed by atoms with Crippen LogP contribution in [0.5, 0.6) is 5.75 Å². The Morgan fingerprint density at radius 2 is 1.73 bits per heavy atom. The predicted molar refractivity (Wildman–Crippen MR) is 115 cm³/mol. The fourth-order valence-corrected chi connectivity index (χ4v) is 3.27. The molecule has 1 amide bonds. The summed E-state index contributed by atoms with van der Waals surface area (Å²) in [5, 5.41) is 3.51. The molecule has 0 saturated heterocycles. The summed E-state index contributed by atoms with van der Waals surface area (Å²) < 4.78 is 24.2. The molecule has 1 aromatic heterocycles. The highest BCUT2D eigenvalue weighted by atomic mass is 35.5. The summed E-state index contributed by atoms with van der Waals surface area (Å²) in [5.74, 6) is -0.147. The normalized spacial score (nSPS) is 10.9. The highest BCUT2D eigenvalue weighted by Gasteiger charge is 2.12. The van der Waals surface area contributed by atoms with Crippen LogP contribution in [0.3, 0.4) is 0 Å². The molecule has 0 radical (unpaired) electrons. The van der Waals surface area contributed by atoms with Gasteiger partial charge in [-0.05, 0) is 48.5 Å². The number of hydrogen-bond acceptors (Lipinski definition) is 4. The standard InChI is InChI=1S/C21H12Cl3FN2O3/c22-14-8-16(24)19(9-15(14)23)29-10-20(28)26-13-5-6-18-17(7-13)27-21(30-18)11-1-3-12(25)4-2-11/h1-9H,10H2,(H,26,28). The van der Waals surface area contributed by atoms with Crippen LogP contribution in [-0.4, -0.2) is 17.5 Å². The van der Waals surface area contributed by atoms with Crippen molar-refractivity contribution in [1.82, 2.24) is 4.98 Å². The first kappa shape index (κ1) is 20.5. The van der Waals surface area contributed by atoms with E-state index in [0.717, 1.165) is 0 Å². The second-order valence-electron chi connectivity index (χ2n) is 6.24. The Hall–Kier alpha value is -2.80. The van der Waals surface area contributed by atoms with Crippen molar-refractivity contribution in [2.75, 3.05) is 11.9 Å². The Kier molecular flexibility index (Phi) is 5.81. The molecule has 0 aliphatic rings. The zero-order valence-electron chi connectivity index (χ0n) is 15.1. The van der Waals surface area contributed by atoms with E-state index in [9.17, 15) is 9.18 Å². The van der Waals surface area contributed by atoms with Crippen molar-refractivity contribution >= 4 is 57.5 Å². The smallest absolute Gasteiger partial charge is 0.262 e. The number of halogens is 4. The lowest BCUT2D eigenvalue weighted by molar-refractivity contribution is -0.118. The highest BCUT2D eigenvalue weighted by Crippen LogP contribution is 2.34. The molecule has 152 valence electrons. The Balaban J connectivity index is 1.45. The van der Waals surface area contributed by atoms with Gasteiger partial charge < -0.3 is 14.5 Å². The van der Waals surface area contributed by atoms with Gasteiger partial charge in [-0.15, -0.1) is 0 Å². The summed E-state index contributed by atoms with van der Waals surface area (Å²) in [6.07, 6.45) is 0. The second-order valence-corrected chi connectivity index (χ2v) is 7.46. The number of hydrogen-bond donors (Lipinski definition) is 1. The molecule has 0 unspecified atom stereocenters. The third-order valence-electron chi connectivity index (χ3n) is 4.10. The second kappa shape index (κ2) is 8.52. The van der Waals surface area contributed by atoms with Crippen LogP contribution in [0.4, 0.5) is 10.1 Å². The molecule has 4 rings (SSSR count). The van der Waals surface area contributed by atoms with Gasteiger partial charge in [-0.1, -0.05) is 34.8 Å². The fraction of sp³-hybridized carbons (Fsp3) is 0.0476. The molecule has 0 bridgehead atoms. The minimum Gasteiger partial charge on any atom is -0.482 e. The molecule has 1 heterocycles. The largest absolute Gasteiger partial charge is 0.482 e. The lowest BCUT2D eigenvalue weighted by Gasteiger charge is -2.09. The molecule has 0 aliphatic carbocycles. The molecule has 0 aliphatic heterocycles. The van der Waals surface area contributed by atoms with E-state index < -0.39 is 5.91 Å². The highest BCUT2D eigenvalue weighted by molar-refractivity contribution is 6.43. The fourth-order valence-electron chi connectivity index (χ4n) is 2.68. The van der Waals surface area contributed by atoms with Crippen molar-refractivity contribution in [3.8, 4) is 17.2 Å². The number of aromatic nitrogens is 1. The van der Waals surface area contributed by atoms with Gasteiger partial charge >= 0.3 is 0 Å². The van der Waals surface area contributed by atoms with Gasteiger partial charge in [0.25, 0.3) is 5.91 Å². The topological polar surface area (TPSA) is 64.4 Å². The van der Waals surface area contributed by atoms with Gasteiger partial charge in [-0.25, -0.2) is 9.37 Å². The molecule has 5 nitrogen and oxygen atoms in total. The van der Waals surface area contributed by atoms with Crippen molar-refractivity contribution in [3.05, 3.63) is 75.5 Å². The molecule has 4 aromatic rings. The Labute approximate surface area is 185 Å². The number of ether oxygens (including phenoxy) is 1. The van der Waals surface area contributed by atoms with Gasteiger partial charge in [0.15, 0.2) is 12.2 Å². The first-order valence-electron chi connectivity index (χ1n) is 8.63. The lowest BCUT2D eigenvalue weighted by Crippen LogP contribution is -2.20. The van der Waals surface area contributed by atoms with Gasteiger partial charge in [0.1, 0.15) is 17.1 Å². The van der Waals surface area contributed by atoms with Gasteiger partial charge in [0.05, 0.1) is 15.1 Å². The van der Waals surface area contributed by atoms with Crippen molar-refractivity contribution in [2.24, 2.45) is 0 Å². The number of carbonyl (C=O) groups is 1. The van der Waals surface area contributed by atoms with Gasteiger partial charge in [-0.3, -0.25) is 4.79 Å². The number of anilines is 1. The van der Waals surface area contributed by atoms with E-state index in [1.54, 1.807) is 30.3 Å². The molecule has 0 saturated carbocycles. The molecule has 30 heavy (non-hydrogen) atoms. The Bertz CT molecular complexity index is 1240. The predicted octanol–water partition coefficient (Wildman–Crippen LogP) is 6.61. The number of rotatable bonds is 5. The monoisotopic (exact) mass is 464 g/mol. The average molecular weight is 466 g/mol. The number of carbonyl (C=O) groups excluding carboxylic acids is 1. The lowest BCUT2D eigenvalue weighted by atomic mass is 10.2. The zero-order valence-corrected chi connectivity index (χ0v) is 17.4. The van der Waals surface area contributed by atoms with Crippen LogP contribution < -0.4 is 10.1 Å². The minimum absolute atomic E-state index is 0.245. The van der Waals surface area contributed by atoms with Crippen molar-refractivity contribution in [1.29, 1.82) is 0 Å². The summed E-state index contributed by atoms with van der Waals surface area (Å²) >= 11 is 17.8. The summed E-state index contributed by atoms with van der Waals surface area (Å²) in [6.45, 7) is -0.282. The average Bonchev–Trinajstić information content (AvgIpc) is 3.13. The van der Waals surface area contributed by atoms with Crippen molar-refractivity contribution < 1.29 is 18.3 Å². The van der Waals surface area contributed by atoms with Crippen LogP contribution in [-0.2, 0) is 4.79 Å². The van der Waals surface area contributed by atoms with Crippen LogP contribution >= 0.6 is 34.8 Å². The summed E-state index contributed by atoms with van der Waals surface area (Å²) in [7, 11) is 0. The Morgan fingerprint density at radius 1 is 1.00 bits per heavy atom. The van der Waals surface area contributed by atoms with Gasteiger partial charge in [0, 0.05) is 17.3 Å². The molecule has 0 spiro atoms. The minimum atomic E-state index is -0.404. The summed E-state index contributed by atoms with van der Waals surface area (Å²) in [4.78, 5) is 16.6. The molecular weight excluding hydrogens is 454 g/mol. The van der Waals surface area contributed by atoms with E-state index in [1.807, 2.05) is 0 Å². The van der Waals surface area contributed by atoms with E-state index in [-0.39, 0.29) is 28.2 Å². The third-order valence-corrected chi connectivity index (χ3v) is 5.11. The van der Waals surface area contributed by atoms with Gasteiger partial charge in [0.2, 0.25) is 5.89 Å². The van der Waals surface area contributed by atoms with E-state index >= 15 is 0 Å². The number of benzene rings is 3. The van der Waals surface area contributed by atoms with E-state index in [4.69, 9.17) is 44.0 Å². The van der Waals surface area contributed by atoms with E-state index in [1.165, 1.54) is 24.3 Å². The number of fused-ring (bicyclic) bond motifs is 1. The number of amides is 1. The zero-order chi connectivity index (χ0) is 21.3.